The van der Waals surface area contributed by atoms with Gasteiger partial charge in [0.1, 0.15) is 0 Å². The molecule has 2 heterocycles. The number of carbonyl (C=O) groups is 2. The van der Waals surface area contributed by atoms with Crippen LogP contribution in [0.25, 0.3) is 0 Å². The molecule has 2 atom stereocenters. The molecule has 2 aromatic rings. The summed E-state index contributed by atoms with van der Waals surface area (Å²) < 4.78 is 27.3. The molecule has 0 spiro atoms. The molecule has 10 heteroatoms. The predicted molar refractivity (Wildman–Crippen MR) is 142 cm³/mol. The number of morpholine rings is 1. The van der Waals surface area contributed by atoms with Crippen LogP contribution in [0.1, 0.15) is 39.9 Å². The third kappa shape index (κ3) is 5.51. The fourth-order valence-corrected chi connectivity index (χ4v) is 5.23. The second-order valence-corrected chi connectivity index (χ2v) is 9.35. The molecule has 2 aromatic carbocycles. The van der Waals surface area contributed by atoms with Gasteiger partial charge in [0.2, 0.25) is 5.91 Å². The Kier molecular flexibility index (Phi) is 8.96. The molecule has 0 radical (unpaired) electrons. The number of benzene rings is 2. The van der Waals surface area contributed by atoms with E-state index in [9.17, 15) is 9.59 Å². The molecular formula is C28H37N3O7. The Hall–Kier alpha value is -3.50. The van der Waals surface area contributed by atoms with Gasteiger partial charge in [-0.3, -0.25) is 14.5 Å². The fourth-order valence-electron chi connectivity index (χ4n) is 5.23. The summed E-state index contributed by atoms with van der Waals surface area (Å²) in [4.78, 5) is 31.4. The molecule has 0 saturated carbocycles. The van der Waals surface area contributed by atoms with Crippen molar-refractivity contribution in [3.05, 3.63) is 47.0 Å². The Bertz CT molecular complexity index is 1150. The molecule has 38 heavy (non-hydrogen) atoms. The lowest BCUT2D eigenvalue weighted by Gasteiger charge is -2.40. The number of methoxy groups -OCH3 is 4. The topological polar surface area (TPSA) is 98.8 Å². The highest BCUT2D eigenvalue weighted by Crippen LogP contribution is 2.46. The van der Waals surface area contributed by atoms with E-state index in [2.05, 4.69) is 10.2 Å². The van der Waals surface area contributed by atoms with Crippen molar-refractivity contribution in [2.75, 3.05) is 74.9 Å². The zero-order valence-corrected chi connectivity index (χ0v) is 22.7. The lowest BCUT2D eigenvalue weighted by molar-refractivity contribution is -0.124. The molecule has 206 valence electrons. The van der Waals surface area contributed by atoms with Crippen LogP contribution in [0.5, 0.6) is 23.0 Å². The van der Waals surface area contributed by atoms with Crippen LogP contribution in [-0.2, 0) is 9.53 Å². The number of fused-ring (bicyclic) bond motifs is 1. The van der Waals surface area contributed by atoms with Crippen molar-refractivity contribution in [2.45, 2.75) is 18.4 Å². The molecule has 1 saturated heterocycles. The number of hydrogen-bond donors (Lipinski definition) is 1. The first-order valence-corrected chi connectivity index (χ1v) is 12.8. The number of hydrogen-bond acceptors (Lipinski definition) is 8. The summed E-state index contributed by atoms with van der Waals surface area (Å²) in [6.07, 6.45) is 0.813. The molecule has 2 aliphatic heterocycles. The summed E-state index contributed by atoms with van der Waals surface area (Å²) in [5, 5.41) is 3.12. The third-order valence-corrected chi connectivity index (χ3v) is 7.26. The van der Waals surface area contributed by atoms with Gasteiger partial charge in [0.05, 0.1) is 53.6 Å². The van der Waals surface area contributed by atoms with Crippen molar-refractivity contribution >= 4 is 11.8 Å². The van der Waals surface area contributed by atoms with Gasteiger partial charge in [0, 0.05) is 32.2 Å². The average molecular weight is 528 g/mol. The number of amides is 2. The van der Waals surface area contributed by atoms with E-state index < -0.39 is 12.0 Å². The number of carbonyl (C=O) groups excluding carboxylic acids is 2. The normalized spacial score (nSPS) is 19.5. The second kappa shape index (κ2) is 12.4. The van der Waals surface area contributed by atoms with E-state index >= 15 is 0 Å². The smallest absolute Gasteiger partial charge is 0.254 e. The molecule has 10 nitrogen and oxygen atoms in total. The predicted octanol–water partition coefficient (Wildman–Crippen LogP) is 2.47. The maximum absolute atomic E-state index is 13.9. The summed E-state index contributed by atoms with van der Waals surface area (Å²) in [5.41, 5.74) is 1.76. The van der Waals surface area contributed by atoms with Crippen LogP contribution in [0.2, 0.25) is 0 Å². The van der Waals surface area contributed by atoms with E-state index in [-0.39, 0.29) is 11.8 Å². The molecule has 0 aromatic heterocycles. The number of nitrogens with zero attached hydrogens (tertiary/aromatic N) is 2. The van der Waals surface area contributed by atoms with Gasteiger partial charge in [-0.2, -0.15) is 0 Å². The maximum atomic E-state index is 13.9. The van der Waals surface area contributed by atoms with Gasteiger partial charge < -0.3 is 33.9 Å². The summed E-state index contributed by atoms with van der Waals surface area (Å²) in [6, 6.07) is 8.28. The van der Waals surface area contributed by atoms with E-state index in [0.29, 0.717) is 40.7 Å². The van der Waals surface area contributed by atoms with Crippen LogP contribution in [0, 0.1) is 0 Å². The Labute approximate surface area is 223 Å². The summed E-state index contributed by atoms with van der Waals surface area (Å²) in [7, 11) is 7.89. The van der Waals surface area contributed by atoms with Crippen LogP contribution in [0.15, 0.2) is 30.3 Å². The highest BCUT2D eigenvalue weighted by molar-refractivity contribution is 6.02. The van der Waals surface area contributed by atoms with E-state index in [1.165, 1.54) is 14.2 Å². The first-order valence-electron chi connectivity index (χ1n) is 12.8. The van der Waals surface area contributed by atoms with Crippen LogP contribution in [-0.4, -0.2) is 96.5 Å². The number of ether oxygens (including phenoxy) is 5. The van der Waals surface area contributed by atoms with Gasteiger partial charge in [-0.1, -0.05) is 6.07 Å². The van der Waals surface area contributed by atoms with Crippen molar-refractivity contribution in [3.63, 3.8) is 0 Å². The molecule has 2 amide bonds. The third-order valence-electron chi connectivity index (χ3n) is 7.26. The Balaban J connectivity index is 1.69. The van der Waals surface area contributed by atoms with Gasteiger partial charge in [-0.05, 0) is 48.4 Å². The van der Waals surface area contributed by atoms with Crippen molar-refractivity contribution in [1.29, 1.82) is 0 Å². The van der Waals surface area contributed by atoms with Gasteiger partial charge >= 0.3 is 0 Å². The first-order chi connectivity index (χ1) is 18.4. The lowest BCUT2D eigenvalue weighted by atomic mass is 9.79. The van der Waals surface area contributed by atoms with Crippen molar-refractivity contribution < 1.29 is 33.3 Å². The van der Waals surface area contributed by atoms with Crippen molar-refractivity contribution in [1.82, 2.24) is 15.1 Å². The van der Waals surface area contributed by atoms with Crippen LogP contribution in [0.3, 0.4) is 0 Å². The molecule has 2 aliphatic rings. The molecule has 1 fully saturated rings. The zero-order chi connectivity index (χ0) is 27.2. The monoisotopic (exact) mass is 527 g/mol. The van der Waals surface area contributed by atoms with Crippen LogP contribution in [0.4, 0.5) is 0 Å². The summed E-state index contributed by atoms with van der Waals surface area (Å²) in [5.74, 6) is 0.915. The molecule has 1 N–H and O–H groups in total. The van der Waals surface area contributed by atoms with E-state index in [0.717, 1.165) is 44.8 Å². The Morgan fingerprint density at radius 2 is 1.58 bits per heavy atom. The van der Waals surface area contributed by atoms with Gasteiger partial charge in [-0.15, -0.1) is 0 Å². The number of rotatable bonds is 10. The highest BCUT2D eigenvalue weighted by Gasteiger charge is 2.43. The minimum absolute atomic E-state index is 0.167. The van der Waals surface area contributed by atoms with E-state index in [1.807, 2.05) is 12.1 Å². The number of likely N-dealkylation sites (N-methyl/N-ethyl adjacent to an activating group) is 1. The van der Waals surface area contributed by atoms with E-state index in [1.54, 1.807) is 44.4 Å². The summed E-state index contributed by atoms with van der Waals surface area (Å²) >= 11 is 0. The zero-order valence-electron chi connectivity index (χ0n) is 22.7. The van der Waals surface area contributed by atoms with Crippen molar-refractivity contribution in [2.24, 2.45) is 0 Å². The van der Waals surface area contributed by atoms with E-state index in [4.69, 9.17) is 23.7 Å². The van der Waals surface area contributed by atoms with Crippen LogP contribution < -0.4 is 24.3 Å². The number of nitrogens with one attached hydrogen (secondary N) is 1. The van der Waals surface area contributed by atoms with Crippen molar-refractivity contribution in [3.8, 4) is 23.0 Å². The van der Waals surface area contributed by atoms with Gasteiger partial charge in [-0.25, -0.2) is 0 Å². The first kappa shape index (κ1) is 27.5. The Morgan fingerprint density at radius 3 is 2.24 bits per heavy atom. The second-order valence-electron chi connectivity index (χ2n) is 9.35. The molecule has 0 bridgehead atoms. The van der Waals surface area contributed by atoms with Gasteiger partial charge in [0.15, 0.2) is 23.0 Å². The highest BCUT2D eigenvalue weighted by atomic mass is 16.5. The molecule has 0 aliphatic carbocycles. The fraction of sp³-hybridized carbons (Fsp3) is 0.500. The Morgan fingerprint density at radius 1 is 0.947 bits per heavy atom. The lowest BCUT2D eigenvalue weighted by Crippen LogP contribution is -2.46. The SMILES string of the molecule is COc1ccc([C@H]2[C@@H](C(=O)NCCCN3CCOCC3)c3cc(OC)c(OC)cc3C(=O)N2C)cc1OC. The molecule has 4 rings (SSSR count). The van der Waals surface area contributed by atoms with Crippen LogP contribution >= 0.6 is 0 Å². The molecule has 0 unspecified atom stereocenters. The standard InChI is InChI=1S/C28H37N3O7/c1-30-26(18-7-8-21(34-2)22(15-18)35-3)25(27(32)29-9-6-10-31-11-13-38-14-12-31)19-16-23(36-4)24(37-5)17-20(19)28(30)33/h7-8,15-17,25-26H,6,9-14H2,1-5H3,(H,29,32)/t25-,26-/m0/s1. The van der Waals surface area contributed by atoms with Gasteiger partial charge in [0.25, 0.3) is 5.91 Å². The quantitative estimate of drug-likeness (QED) is 0.471. The average Bonchev–Trinajstić information content (AvgIpc) is 2.96. The minimum atomic E-state index is -0.686. The maximum Gasteiger partial charge on any atom is 0.254 e. The molecular weight excluding hydrogens is 490 g/mol. The summed E-state index contributed by atoms with van der Waals surface area (Å²) in [6.45, 7) is 4.69. The minimum Gasteiger partial charge on any atom is -0.493 e. The largest absolute Gasteiger partial charge is 0.493 e.